The molecule has 0 aliphatic carbocycles. The van der Waals surface area contributed by atoms with E-state index >= 15 is 0 Å². The zero-order valence-electron chi connectivity index (χ0n) is 14.4. The van der Waals surface area contributed by atoms with Crippen LogP contribution >= 0.6 is 0 Å². The van der Waals surface area contributed by atoms with Gasteiger partial charge in [-0.05, 0) is 37.8 Å². The lowest BCUT2D eigenvalue weighted by Gasteiger charge is -2.28. The first-order valence-electron chi connectivity index (χ1n) is 8.49. The van der Waals surface area contributed by atoms with Gasteiger partial charge in [-0.25, -0.2) is 9.78 Å². The number of carboxylic acid groups (broad SMARTS) is 1. The lowest BCUT2D eigenvalue weighted by Crippen LogP contribution is -2.32. The maximum atomic E-state index is 13.3. The first-order valence-corrected chi connectivity index (χ1v) is 8.49. The summed E-state index contributed by atoms with van der Waals surface area (Å²) >= 11 is 0. The number of imidazole rings is 1. The van der Waals surface area contributed by atoms with E-state index in [-0.39, 0.29) is 17.8 Å². The molecule has 26 heavy (non-hydrogen) atoms. The number of piperidine rings is 1. The van der Waals surface area contributed by atoms with Crippen molar-refractivity contribution in [2.45, 2.75) is 38.9 Å². The van der Waals surface area contributed by atoms with E-state index in [1.807, 2.05) is 4.90 Å². The van der Waals surface area contributed by atoms with Crippen molar-refractivity contribution in [3.63, 3.8) is 0 Å². The van der Waals surface area contributed by atoms with Gasteiger partial charge in [0.15, 0.2) is 5.69 Å². The smallest absolute Gasteiger partial charge is 0.416 e. The molecule has 5 nitrogen and oxygen atoms in total. The molecule has 0 unspecified atom stereocenters. The molecule has 1 fully saturated rings. The molecule has 8 heteroatoms. The SMILES string of the molecule is Cc1c(C(=O)O)nc(N2CCCCC2)n1Cc1ccccc1C(F)(F)F. The quantitative estimate of drug-likeness (QED) is 0.889. The van der Waals surface area contributed by atoms with Crippen LogP contribution in [0.3, 0.4) is 0 Å². The average Bonchev–Trinajstić information content (AvgIpc) is 2.92. The Hall–Kier alpha value is -2.51. The highest BCUT2D eigenvalue weighted by atomic mass is 19.4. The van der Waals surface area contributed by atoms with E-state index in [0.717, 1.165) is 38.4 Å². The Morgan fingerprint density at radius 2 is 1.85 bits per heavy atom. The number of hydrogen-bond donors (Lipinski definition) is 1. The lowest BCUT2D eigenvalue weighted by molar-refractivity contribution is -0.138. The van der Waals surface area contributed by atoms with Crippen LogP contribution in [0.25, 0.3) is 0 Å². The van der Waals surface area contributed by atoms with Crippen LogP contribution in [0.5, 0.6) is 0 Å². The zero-order chi connectivity index (χ0) is 18.9. The van der Waals surface area contributed by atoms with Crippen molar-refractivity contribution in [2.24, 2.45) is 0 Å². The summed E-state index contributed by atoms with van der Waals surface area (Å²) in [5.41, 5.74) is -0.379. The second-order valence-electron chi connectivity index (χ2n) is 6.44. The maximum absolute atomic E-state index is 13.3. The predicted molar refractivity (Wildman–Crippen MR) is 90.5 cm³/mol. The Morgan fingerprint density at radius 1 is 1.19 bits per heavy atom. The molecule has 2 aromatic rings. The summed E-state index contributed by atoms with van der Waals surface area (Å²) in [5.74, 6) is -0.750. The Balaban J connectivity index is 2.06. The molecule has 140 valence electrons. The molecule has 1 aliphatic heterocycles. The van der Waals surface area contributed by atoms with Crippen LogP contribution in [0.2, 0.25) is 0 Å². The molecule has 1 saturated heterocycles. The third-order valence-corrected chi connectivity index (χ3v) is 4.69. The van der Waals surface area contributed by atoms with E-state index in [9.17, 15) is 23.1 Å². The van der Waals surface area contributed by atoms with Gasteiger partial charge < -0.3 is 14.6 Å². The summed E-state index contributed by atoms with van der Waals surface area (Å²) < 4.78 is 41.5. The number of carbonyl (C=O) groups is 1. The molecule has 0 atom stereocenters. The maximum Gasteiger partial charge on any atom is 0.416 e. The monoisotopic (exact) mass is 367 g/mol. The number of benzene rings is 1. The lowest BCUT2D eigenvalue weighted by atomic mass is 10.1. The molecule has 1 aromatic carbocycles. The highest BCUT2D eigenvalue weighted by Crippen LogP contribution is 2.33. The van der Waals surface area contributed by atoms with Crippen molar-refractivity contribution in [3.8, 4) is 0 Å². The zero-order valence-corrected chi connectivity index (χ0v) is 14.4. The van der Waals surface area contributed by atoms with Gasteiger partial charge >= 0.3 is 12.1 Å². The van der Waals surface area contributed by atoms with Crippen molar-refractivity contribution in [2.75, 3.05) is 18.0 Å². The number of aromatic carboxylic acids is 1. The van der Waals surface area contributed by atoms with Gasteiger partial charge in [0.25, 0.3) is 0 Å². The number of alkyl halides is 3. The Labute approximate surface area is 149 Å². The van der Waals surface area contributed by atoms with Crippen LogP contribution in [-0.4, -0.2) is 33.7 Å². The summed E-state index contributed by atoms with van der Waals surface area (Å²) in [5, 5.41) is 9.38. The molecular weight excluding hydrogens is 347 g/mol. The van der Waals surface area contributed by atoms with E-state index in [4.69, 9.17) is 0 Å². The van der Waals surface area contributed by atoms with Crippen LogP contribution in [-0.2, 0) is 12.7 Å². The van der Waals surface area contributed by atoms with Gasteiger partial charge in [0.1, 0.15) is 0 Å². The number of carboxylic acids is 1. The van der Waals surface area contributed by atoms with E-state index in [1.54, 1.807) is 17.6 Å². The van der Waals surface area contributed by atoms with Crippen LogP contribution < -0.4 is 4.90 Å². The van der Waals surface area contributed by atoms with Crippen molar-refractivity contribution < 1.29 is 23.1 Å². The van der Waals surface area contributed by atoms with Gasteiger partial charge in [-0.3, -0.25) is 0 Å². The third kappa shape index (κ3) is 3.54. The Bertz CT molecular complexity index is 808. The second kappa shape index (κ2) is 7.01. The van der Waals surface area contributed by atoms with E-state index in [1.165, 1.54) is 12.1 Å². The highest BCUT2D eigenvalue weighted by Gasteiger charge is 2.33. The Kier molecular flexibility index (Phi) is 4.93. The second-order valence-corrected chi connectivity index (χ2v) is 6.44. The van der Waals surface area contributed by atoms with Crippen molar-refractivity contribution in [3.05, 3.63) is 46.8 Å². The first-order chi connectivity index (χ1) is 12.3. The number of anilines is 1. The van der Waals surface area contributed by atoms with Gasteiger partial charge in [0, 0.05) is 13.1 Å². The van der Waals surface area contributed by atoms with Gasteiger partial charge in [-0.1, -0.05) is 18.2 Å². The fourth-order valence-corrected chi connectivity index (χ4v) is 3.35. The number of halogens is 3. The van der Waals surface area contributed by atoms with Gasteiger partial charge in [0.05, 0.1) is 17.8 Å². The molecule has 1 N–H and O–H groups in total. The number of aromatic nitrogens is 2. The molecular formula is C18H20F3N3O2. The molecule has 1 aliphatic rings. The number of nitrogens with zero attached hydrogens (tertiary/aromatic N) is 3. The minimum absolute atomic E-state index is 0.0758. The van der Waals surface area contributed by atoms with Gasteiger partial charge in [-0.15, -0.1) is 0 Å². The molecule has 1 aromatic heterocycles. The summed E-state index contributed by atoms with van der Waals surface area (Å²) in [7, 11) is 0. The number of hydrogen-bond acceptors (Lipinski definition) is 3. The summed E-state index contributed by atoms with van der Waals surface area (Å²) in [6.07, 6.45) is -1.48. The van der Waals surface area contributed by atoms with Crippen molar-refractivity contribution >= 4 is 11.9 Å². The first kappa shape index (κ1) is 18.3. The van der Waals surface area contributed by atoms with Crippen molar-refractivity contribution in [1.82, 2.24) is 9.55 Å². The molecule has 0 radical (unpaired) electrons. The standard InChI is InChI=1S/C18H20F3N3O2/c1-12-15(16(25)26)22-17(23-9-5-2-6-10-23)24(12)11-13-7-3-4-8-14(13)18(19,20)21/h3-4,7-8H,2,5-6,9-11H2,1H3,(H,25,26). The molecule has 0 amide bonds. The average molecular weight is 367 g/mol. The third-order valence-electron chi connectivity index (χ3n) is 4.69. The fourth-order valence-electron chi connectivity index (χ4n) is 3.35. The van der Waals surface area contributed by atoms with E-state index < -0.39 is 17.7 Å². The largest absolute Gasteiger partial charge is 0.476 e. The highest BCUT2D eigenvalue weighted by molar-refractivity contribution is 5.87. The van der Waals surface area contributed by atoms with Crippen molar-refractivity contribution in [1.29, 1.82) is 0 Å². The normalized spacial score (nSPS) is 15.3. The van der Waals surface area contributed by atoms with Gasteiger partial charge in [0.2, 0.25) is 5.95 Å². The summed E-state index contributed by atoms with van der Waals surface area (Å²) in [6.45, 7) is 2.95. The Morgan fingerprint density at radius 3 is 2.46 bits per heavy atom. The van der Waals surface area contributed by atoms with E-state index in [0.29, 0.717) is 11.6 Å². The van der Waals surface area contributed by atoms with Crippen LogP contribution in [0, 0.1) is 6.92 Å². The predicted octanol–water partition coefficient (Wildman–Crippen LogP) is 3.95. The summed E-state index contributed by atoms with van der Waals surface area (Å²) in [6, 6.07) is 5.36. The fraction of sp³-hybridized carbons (Fsp3) is 0.444. The molecule has 0 saturated carbocycles. The van der Waals surface area contributed by atoms with Crippen LogP contribution in [0.15, 0.2) is 24.3 Å². The number of rotatable bonds is 4. The minimum Gasteiger partial charge on any atom is -0.476 e. The molecule has 2 heterocycles. The minimum atomic E-state index is -4.47. The van der Waals surface area contributed by atoms with Crippen LogP contribution in [0.4, 0.5) is 19.1 Å². The summed E-state index contributed by atoms with van der Waals surface area (Å²) in [4.78, 5) is 17.7. The molecule has 3 rings (SSSR count). The van der Waals surface area contributed by atoms with Gasteiger partial charge in [-0.2, -0.15) is 13.2 Å². The molecule has 0 bridgehead atoms. The van der Waals surface area contributed by atoms with Crippen LogP contribution in [0.1, 0.15) is 46.6 Å². The topological polar surface area (TPSA) is 58.4 Å². The van der Waals surface area contributed by atoms with E-state index in [2.05, 4.69) is 4.98 Å². The molecule has 0 spiro atoms.